The number of hydrogen-bond donors (Lipinski definition) is 0. The SMILES string of the molecule is O=c1cc2oc3c(ccc4ccccc43)nc-2c2cccnc12. The molecule has 3 aromatic rings. The van der Waals surface area contributed by atoms with Crippen LogP contribution in [0.2, 0.25) is 0 Å². The van der Waals surface area contributed by atoms with Crippen molar-refractivity contribution in [2.45, 2.75) is 0 Å². The van der Waals surface area contributed by atoms with Gasteiger partial charge < -0.3 is 4.42 Å². The van der Waals surface area contributed by atoms with Crippen LogP contribution in [-0.2, 0) is 0 Å². The molecule has 1 aliphatic carbocycles. The van der Waals surface area contributed by atoms with Crippen LogP contribution >= 0.6 is 0 Å². The van der Waals surface area contributed by atoms with E-state index in [1.54, 1.807) is 12.3 Å². The van der Waals surface area contributed by atoms with E-state index >= 15 is 0 Å². The fourth-order valence-corrected chi connectivity index (χ4v) is 3.03. The molecule has 0 amide bonds. The summed E-state index contributed by atoms with van der Waals surface area (Å²) in [6.07, 6.45) is 1.61. The van der Waals surface area contributed by atoms with Crippen molar-refractivity contribution < 1.29 is 4.42 Å². The first-order valence-electron chi connectivity index (χ1n) is 7.31. The van der Waals surface area contributed by atoms with E-state index in [2.05, 4.69) is 4.98 Å². The van der Waals surface area contributed by atoms with E-state index in [4.69, 9.17) is 9.40 Å². The topological polar surface area (TPSA) is 56.0 Å². The second kappa shape index (κ2) is 4.36. The zero-order valence-corrected chi connectivity index (χ0v) is 12.0. The average Bonchev–Trinajstić information content (AvgIpc) is 2.61. The van der Waals surface area contributed by atoms with Crippen LogP contribution in [0.3, 0.4) is 0 Å². The zero-order chi connectivity index (χ0) is 15.4. The van der Waals surface area contributed by atoms with Crippen LogP contribution in [0.1, 0.15) is 0 Å². The predicted octanol–water partition coefficient (Wildman–Crippen LogP) is 3.99. The molecule has 0 radical (unpaired) electrons. The van der Waals surface area contributed by atoms with Crippen LogP contribution < -0.4 is 5.43 Å². The minimum absolute atomic E-state index is 0.154. The maximum absolute atomic E-state index is 12.2. The van der Waals surface area contributed by atoms with E-state index in [-0.39, 0.29) is 5.43 Å². The predicted molar refractivity (Wildman–Crippen MR) is 89.7 cm³/mol. The lowest BCUT2D eigenvalue weighted by Crippen LogP contribution is -2.05. The van der Waals surface area contributed by atoms with Gasteiger partial charge in [-0.1, -0.05) is 30.3 Å². The van der Waals surface area contributed by atoms with Crippen molar-refractivity contribution in [3.05, 3.63) is 71.0 Å². The molecule has 1 aliphatic heterocycles. The highest BCUT2D eigenvalue weighted by atomic mass is 16.3. The van der Waals surface area contributed by atoms with Gasteiger partial charge >= 0.3 is 0 Å². The molecule has 0 saturated carbocycles. The summed E-state index contributed by atoms with van der Waals surface area (Å²) < 4.78 is 6.06. The lowest BCUT2D eigenvalue weighted by molar-refractivity contribution is 0.617. The maximum Gasteiger partial charge on any atom is 0.208 e. The summed E-state index contributed by atoms with van der Waals surface area (Å²) in [7, 11) is 0. The lowest BCUT2D eigenvalue weighted by atomic mass is 10.1. The van der Waals surface area contributed by atoms with E-state index in [1.807, 2.05) is 42.5 Å². The maximum atomic E-state index is 12.2. The molecule has 1 aromatic heterocycles. The number of nitrogens with zero attached hydrogens (tertiary/aromatic N) is 2. The van der Waals surface area contributed by atoms with Gasteiger partial charge in [0.05, 0.1) is 0 Å². The van der Waals surface area contributed by atoms with E-state index in [9.17, 15) is 4.79 Å². The summed E-state index contributed by atoms with van der Waals surface area (Å²) in [5.41, 5.74) is 2.38. The van der Waals surface area contributed by atoms with Gasteiger partial charge in [0.2, 0.25) is 5.43 Å². The van der Waals surface area contributed by atoms with Crippen molar-refractivity contribution in [1.29, 1.82) is 0 Å². The monoisotopic (exact) mass is 298 g/mol. The number of benzene rings is 3. The fraction of sp³-hybridized carbons (Fsp3) is 0. The first-order chi connectivity index (χ1) is 11.3. The summed E-state index contributed by atoms with van der Waals surface area (Å²) in [5, 5.41) is 2.78. The minimum atomic E-state index is -0.154. The Labute approximate surface area is 130 Å². The minimum Gasteiger partial charge on any atom is -0.452 e. The van der Waals surface area contributed by atoms with Crippen molar-refractivity contribution >= 4 is 32.8 Å². The Hall–Kier alpha value is -3.27. The van der Waals surface area contributed by atoms with Gasteiger partial charge in [-0.2, -0.15) is 0 Å². The van der Waals surface area contributed by atoms with Crippen LogP contribution in [0.4, 0.5) is 0 Å². The van der Waals surface area contributed by atoms with Gasteiger partial charge in [-0.25, -0.2) is 4.98 Å². The van der Waals surface area contributed by atoms with E-state index < -0.39 is 0 Å². The van der Waals surface area contributed by atoms with Crippen LogP contribution in [0.25, 0.3) is 44.2 Å². The smallest absolute Gasteiger partial charge is 0.208 e. The van der Waals surface area contributed by atoms with Crippen molar-refractivity contribution in [1.82, 2.24) is 9.97 Å². The summed E-state index contributed by atoms with van der Waals surface area (Å²) in [6.45, 7) is 0. The zero-order valence-electron chi connectivity index (χ0n) is 12.0. The molecule has 0 fully saturated rings. The van der Waals surface area contributed by atoms with Gasteiger partial charge in [0.15, 0.2) is 11.3 Å². The summed E-state index contributed by atoms with van der Waals surface area (Å²) in [4.78, 5) is 21.1. The van der Waals surface area contributed by atoms with Gasteiger partial charge in [-0.15, -0.1) is 0 Å². The second-order valence-corrected chi connectivity index (χ2v) is 5.47. The molecule has 0 bridgehead atoms. The molecular weight excluding hydrogens is 288 g/mol. The quantitative estimate of drug-likeness (QED) is 0.320. The molecule has 0 spiro atoms. The second-order valence-electron chi connectivity index (χ2n) is 5.47. The van der Waals surface area contributed by atoms with Crippen LogP contribution in [-0.4, -0.2) is 9.97 Å². The third-order valence-electron chi connectivity index (χ3n) is 4.09. The Morgan fingerprint density at radius 2 is 1.78 bits per heavy atom. The molecule has 2 heterocycles. The Balaban J connectivity index is 2.04. The van der Waals surface area contributed by atoms with Gasteiger partial charge in [0.1, 0.15) is 16.7 Å². The molecule has 23 heavy (non-hydrogen) atoms. The Kier molecular flexibility index (Phi) is 2.33. The lowest BCUT2D eigenvalue weighted by Gasteiger charge is -2.10. The van der Waals surface area contributed by atoms with Gasteiger partial charge in [0.25, 0.3) is 0 Å². The van der Waals surface area contributed by atoms with E-state index in [1.165, 1.54) is 6.07 Å². The highest BCUT2D eigenvalue weighted by molar-refractivity contribution is 6.04. The summed E-state index contributed by atoms with van der Waals surface area (Å²) in [6, 6.07) is 17.0. The molecule has 0 unspecified atom stereocenters. The standard InChI is InChI=1S/C19H10N2O2/c22-15-10-16-18(13-6-3-9-20-17(13)15)21-14-8-7-11-4-1-2-5-12(11)19(14)23-16/h1-10H. The van der Waals surface area contributed by atoms with Crippen LogP contribution in [0.5, 0.6) is 0 Å². The molecule has 5 rings (SSSR count). The Morgan fingerprint density at radius 3 is 2.74 bits per heavy atom. The highest BCUT2D eigenvalue weighted by Gasteiger charge is 2.16. The number of rotatable bonds is 0. The summed E-state index contributed by atoms with van der Waals surface area (Å²) >= 11 is 0. The van der Waals surface area contributed by atoms with Crippen molar-refractivity contribution in [3.8, 4) is 11.5 Å². The van der Waals surface area contributed by atoms with E-state index in [0.717, 1.165) is 16.3 Å². The molecule has 0 saturated heterocycles. The number of pyridine rings is 1. The van der Waals surface area contributed by atoms with Crippen LogP contribution in [0.15, 0.2) is 70.0 Å². The fourth-order valence-electron chi connectivity index (χ4n) is 3.03. The molecule has 0 atom stereocenters. The van der Waals surface area contributed by atoms with Gasteiger partial charge in [-0.05, 0) is 23.6 Å². The number of fused-ring (bicyclic) bond motifs is 6. The molecule has 0 N–H and O–H groups in total. The third-order valence-corrected chi connectivity index (χ3v) is 4.09. The van der Waals surface area contributed by atoms with Crippen LogP contribution in [0, 0.1) is 0 Å². The number of hydrogen-bond acceptors (Lipinski definition) is 4. The first-order valence-corrected chi connectivity index (χ1v) is 7.31. The Bertz CT molecular complexity index is 1240. The van der Waals surface area contributed by atoms with E-state index in [0.29, 0.717) is 27.9 Å². The normalized spacial score (nSPS) is 11.7. The molecule has 2 aliphatic rings. The van der Waals surface area contributed by atoms with Gasteiger partial charge in [-0.3, -0.25) is 9.78 Å². The van der Waals surface area contributed by atoms with Crippen molar-refractivity contribution in [2.24, 2.45) is 0 Å². The average molecular weight is 298 g/mol. The number of aromatic nitrogens is 2. The van der Waals surface area contributed by atoms with Crippen molar-refractivity contribution in [2.75, 3.05) is 0 Å². The summed E-state index contributed by atoms with van der Waals surface area (Å²) in [5.74, 6) is 0.486. The van der Waals surface area contributed by atoms with Gasteiger partial charge in [0, 0.05) is 23.0 Å². The highest BCUT2D eigenvalue weighted by Crippen LogP contribution is 2.32. The third kappa shape index (κ3) is 1.69. The largest absolute Gasteiger partial charge is 0.452 e. The molecule has 2 aromatic carbocycles. The molecule has 4 nitrogen and oxygen atoms in total. The molecule has 4 heteroatoms. The molecular formula is C19H10N2O2. The first kappa shape index (κ1) is 12.3. The molecule has 108 valence electrons. The van der Waals surface area contributed by atoms with Crippen molar-refractivity contribution in [3.63, 3.8) is 0 Å². The Morgan fingerprint density at radius 1 is 0.913 bits per heavy atom.